The van der Waals surface area contributed by atoms with Gasteiger partial charge in [-0.15, -0.1) is 0 Å². The number of halogens is 1. The molecule has 1 saturated carbocycles. The summed E-state index contributed by atoms with van der Waals surface area (Å²) >= 11 is 0. The number of aromatic nitrogens is 1. The van der Waals surface area contributed by atoms with E-state index in [1.54, 1.807) is 6.07 Å². The molecule has 2 aliphatic rings. The van der Waals surface area contributed by atoms with Gasteiger partial charge in [0.25, 0.3) is 0 Å². The maximum absolute atomic E-state index is 13.4. The molecule has 2 fully saturated rings. The molecule has 0 radical (unpaired) electrons. The molecular formula is C15H22FN3. The molecule has 104 valence electrons. The van der Waals surface area contributed by atoms with Gasteiger partial charge in [0.2, 0.25) is 0 Å². The number of pyridine rings is 1. The standard InChI is InChI=1S/C15H22FN3/c1-11-4-2-3-7-19(11)15-12(8-13(16)10-18-15)9-17-14-5-6-14/h8,10-11,14,17H,2-7,9H2,1H3. The van der Waals surface area contributed by atoms with E-state index in [1.807, 2.05) is 0 Å². The third-order valence-electron chi connectivity index (χ3n) is 4.14. The summed E-state index contributed by atoms with van der Waals surface area (Å²) < 4.78 is 13.4. The van der Waals surface area contributed by atoms with Gasteiger partial charge >= 0.3 is 0 Å². The monoisotopic (exact) mass is 263 g/mol. The molecule has 1 unspecified atom stereocenters. The van der Waals surface area contributed by atoms with Crippen molar-refractivity contribution in [3.05, 3.63) is 23.6 Å². The minimum Gasteiger partial charge on any atom is -0.354 e. The normalized spacial score (nSPS) is 23.7. The highest BCUT2D eigenvalue weighted by Gasteiger charge is 2.24. The molecule has 1 aliphatic carbocycles. The van der Waals surface area contributed by atoms with Crippen LogP contribution in [0.5, 0.6) is 0 Å². The lowest BCUT2D eigenvalue weighted by Crippen LogP contribution is -2.39. The van der Waals surface area contributed by atoms with E-state index in [2.05, 4.69) is 22.1 Å². The molecule has 3 nitrogen and oxygen atoms in total. The van der Waals surface area contributed by atoms with Crippen LogP contribution in [0.4, 0.5) is 10.2 Å². The van der Waals surface area contributed by atoms with Crippen LogP contribution in [-0.4, -0.2) is 23.6 Å². The first kappa shape index (κ1) is 12.9. The van der Waals surface area contributed by atoms with Crippen molar-refractivity contribution in [3.63, 3.8) is 0 Å². The Morgan fingerprint density at radius 3 is 2.95 bits per heavy atom. The van der Waals surface area contributed by atoms with Crippen LogP contribution >= 0.6 is 0 Å². The Morgan fingerprint density at radius 1 is 1.37 bits per heavy atom. The number of hydrogen-bond donors (Lipinski definition) is 1. The fourth-order valence-corrected chi connectivity index (χ4v) is 2.82. The lowest BCUT2D eigenvalue weighted by atomic mass is 10.0. The minimum absolute atomic E-state index is 0.235. The van der Waals surface area contributed by atoms with E-state index < -0.39 is 0 Å². The Kier molecular flexibility index (Phi) is 3.69. The summed E-state index contributed by atoms with van der Waals surface area (Å²) in [5.41, 5.74) is 1.00. The zero-order chi connectivity index (χ0) is 13.2. The molecule has 1 aliphatic heterocycles. The summed E-state index contributed by atoms with van der Waals surface area (Å²) in [6, 6.07) is 2.78. The molecule has 2 heterocycles. The Labute approximate surface area is 114 Å². The molecule has 3 rings (SSSR count). The molecule has 1 saturated heterocycles. The summed E-state index contributed by atoms with van der Waals surface area (Å²) in [7, 11) is 0. The van der Waals surface area contributed by atoms with E-state index in [4.69, 9.17) is 0 Å². The van der Waals surface area contributed by atoms with Gasteiger partial charge in [-0.3, -0.25) is 0 Å². The molecule has 19 heavy (non-hydrogen) atoms. The van der Waals surface area contributed by atoms with Crippen LogP contribution in [0.15, 0.2) is 12.3 Å². The quantitative estimate of drug-likeness (QED) is 0.905. The molecule has 1 aromatic rings. The molecular weight excluding hydrogens is 241 g/mol. The van der Waals surface area contributed by atoms with Gasteiger partial charge in [0.15, 0.2) is 0 Å². The van der Waals surface area contributed by atoms with Crippen LogP contribution in [0.25, 0.3) is 0 Å². The number of nitrogens with zero attached hydrogens (tertiary/aromatic N) is 2. The zero-order valence-electron chi connectivity index (χ0n) is 11.5. The van der Waals surface area contributed by atoms with E-state index in [1.165, 1.54) is 38.3 Å². The van der Waals surface area contributed by atoms with Crippen molar-refractivity contribution in [1.82, 2.24) is 10.3 Å². The van der Waals surface area contributed by atoms with Gasteiger partial charge in [-0.25, -0.2) is 9.37 Å². The number of rotatable bonds is 4. The SMILES string of the molecule is CC1CCCCN1c1ncc(F)cc1CNC1CC1. The third-order valence-corrected chi connectivity index (χ3v) is 4.14. The highest BCUT2D eigenvalue weighted by molar-refractivity contribution is 5.48. The predicted octanol–water partition coefficient (Wildman–Crippen LogP) is 2.85. The lowest BCUT2D eigenvalue weighted by molar-refractivity contribution is 0.478. The fourth-order valence-electron chi connectivity index (χ4n) is 2.82. The van der Waals surface area contributed by atoms with E-state index in [-0.39, 0.29) is 5.82 Å². The second-order valence-corrected chi connectivity index (χ2v) is 5.83. The van der Waals surface area contributed by atoms with E-state index in [0.29, 0.717) is 12.1 Å². The molecule has 1 N–H and O–H groups in total. The summed E-state index contributed by atoms with van der Waals surface area (Å²) in [6.07, 6.45) is 7.54. The van der Waals surface area contributed by atoms with Crippen LogP contribution in [0.2, 0.25) is 0 Å². The lowest BCUT2D eigenvalue weighted by Gasteiger charge is -2.35. The van der Waals surface area contributed by atoms with Crippen LogP contribution < -0.4 is 10.2 Å². The maximum atomic E-state index is 13.4. The van der Waals surface area contributed by atoms with Crippen LogP contribution in [-0.2, 0) is 6.54 Å². The Bertz CT molecular complexity index is 445. The van der Waals surface area contributed by atoms with Gasteiger partial charge in [-0.1, -0.05) is 0 Å². The number of piperidine rings is 1. The van der Waals surface area contributed by atoms with Gasteiger partial charge < -0.3 is 10.2 Å². The number of nitrogens with one attached hydrogen (secondary N) is 1. The average Bonchev–Trinajstić information content (AvgIpc) is 3.22. The first-order chi connectivity index (χ1) is 9.24. The zero-order valence-corrected chi connectivity index (χ0v) is 11.5. The van der Waals surface area contributed by atoms with Crippen molar-refractivity contribution in [2.24, 2.45) is 0 Å². The molecule has 0 aromatic carbocycles. The highest BCUT2D eigenvalue weighted by Crippen LogP contribution is 2.27. The first-order valence-corrected chi connectivity index (χ1v) is 7.38. The second kappa shape index (κ2) is 5.45. The van der Waals surface area contributed by atoms with Gasteiger partial charge in [0.1, 0.15) is 11.6 Å². The largest absolute Gasteiger partial charge is 0.354 e. The smallest absolute Gasteiger partial charge is 0.141 e. The number of hydrogen-bond acceptors (Lipinski definition) is 3. The third kappa shape index (κ3) is 3.06. The summed E-state index contributed by atoms with van der Waals surface area (Å²) in [5.74, 6) is 0.739. The summed E-state index contributed by atoms with van der Waals surface area (Å²) in [6.45, 7) is 4.01. The summed E-state index contributed by atoms with van der Waals surface area (Å²) in [4.78, 5) is 6.70. The van der Waals surface area contributed by atoms with Crippen molar-refractivity contribution < 1.29 is 4.39 Å². The molecule has 0 bridgehead atoms. The van der Waals surface area contributed by atoms with Crippen molar-refractivity contribution in [3.8, 4) is 0 Å². The predicted molar refractivity (Wildman–Crippen MR) is 74.7 cm³/mol. The van der Waals surface area contributed by atoms with Crippen molar-refractivity contribution in [2.45, 2.75) is 57.7 Å². The fraction of sp³-hybridized carbons (Fsp3) is 0.667. The van der Waals surface area contributed by atoms with Gasteiger partial charge in [-0.2, -0.15) is 0 Å². The van der Waals surface area contributed by atoms with E-state index in [0.717, 1.165) is 24.5 Å². The molecule has 0 amide bonds. The number of anilines is 1. The van der Waals surface area contributed by atoms with E-state index in [9.17, 15) is 4.39 Å². The Morgan fingerprint density at radius 2 is 2.21 bits per heavy atom. The highest BCUT2D eigenvalue weighted by atomic mass is 19.1. The van der Waals surface area contributed by atoms with Gasteiger partial charge in [0.05, 0.1) is 6.20 Å². The topological polar surface area (TPSA) is 28.2 Å². The first-order valence-electron chi connectivity index (χ1n) is 7.38. The second-order valence-electron chi connectivity index (χ2n) is 5.83. The molecule has 1 aromatic heterocycles. The average molecular weight is 263 g/mol. The van der Waals surface area contributed by atoms with Crippen LogP contribution in [0, 0.1) is 5.82 Å². The Hall–Kier alpha value is -1.16. The van der Waals surface area contributed by atoms with Gasteiger partial charge in [-0.05, 0) is 45.1 Å². The van der Waals surface area contributed by atoms with Crippen molar-refractivity contribution >= 4 is 5.82 Å². The van der Waals surface area contributed by atoms with Crippen molar-refractivity contribution in [2.75, 3.05) is 11.4 Å². The Balaban J connectivity index is 1.80. The molecule has 1 atom stereocenters. The van der Waals surface area contributed by atoms with Crippen molar-refractivity contribution in [1.29, 1.82) is 0 Å². The molecule has 0 spiro atoms. The maximum Gasteiger partial charge on any atom is 0.141 e. The summed E-state index contributed by atoms with van der Waals surface area (Å²) in [5, 5.41) is 3.46. The minimum atomic E-state index is -0.235. The van der Waals surface area contributed by atoms with Crippen LogP contribution in [0.3, 0.4) is 0 Å². The van der Waals surface area contributed by atoms with Gasteiger partial charge in [0, 0.05) is 30.7 Å². The van der Waals surface area contributed by atoms with E-state index >= 15 is 0 Å². The van der Waals surface area contributed by atoms with Crippen LogP contribution in [0.1, 0.15) is 44.6 Å². The molecule has 4 heteroatoms.